The van der Waals surface area contributed by atoms with E-state index in [9.17, 15) is 76.6 Å². The lowest BCUT2D eigenvalue weighted by Gasteiger charge is -2.41. The van der Waals surface area contributed by atoms with E-state index in [1.807, 2.05) is 26.8 Å². The number of nitrogens with zero attached hydrogens (tertiary/aromatic N) is 5. The van der Waals surface area contributed by atoms with Gasteiger partial charge in [-0.1, -0.05) is 124 Å². The number of Topliss-reactive ketones (excluding diaryl/α,β-unsaturated/α-hetero) is 1. The van der Waals surface area contributed by atoms with Crippen molar-refractivity contribution in [1.29, 1.82) is 0 Å². The van der Waals surface area contributed by atoms with Crippen molar-refractivity contribution in [3.63, 3.8) is 0 Å². The number of ether oxygens (including phenoxy) is 3. The molecule has 2 aromatic rings. The number of carbonyl (C=O) groups is 14. The molecule has 6 unspecified atom stereocenters. The maximum atomic E-state index is 14.9. The number of anilines is 1. The van der Waals surface area contributed by atoms with E-state index in [-0.39, 0.29) is 112 Å². The number of hydrogen-bond donors (Lipinski definition) is 8. The van der Waals surface area contributed by atoms with Crippen LogP contribution in [0.15, 0.2) is 54.6 Å². The number of thioether (sulfide) groups is 1. The number of unbranched alkanes of at least 4 members (excludes halogenated alkanes) is 2. The van der Waals surface area contributed by atoms with Gasteiger partial charge in [0.15, 0.2) is 6.29 Å². The number of likely N-dealkylation sites (N-methyl/N-ethyl adjacent to an activating group) is 2. The average molecular weight is 1580 g/mol. The first-order valence-electron chi connectivity index (χ1n) is 38.3. The van der Waals surface area contributed by atoms with E-state index >= 15 is 0 Å². The number of urea groups is 1. The third-order valence-corrected chi connectivity index (χ3v) is 24.3. The molecule has 0 aromatic heterocycles. The fourth-order valence-corrected chi connectivity index (χ4v) is 17.5. The number of hydrogen-bond acceptors (Lipinski definition) is 19. The summed E-state index contributed by atoms with van der Waals surface area (Å²) in [6, 6.07) is 6.03. The number of rotatable bonds is 42. The summed E-state index contributed by atoms with van der Waals surface area (Å²) in [5.74, 6) is -8.38. The number of methoxy groups -OCH3 is 2. The second kappa shape index (κ2) is 44.7. The lowest BCUT2D eigenvalue weighted by atomic mass is 9.89. The molecule has 3 aliphatic heterocycles. The molecule has 33 heteroatoms. The number of nitrogens with two attached hydrogens (primary N) is 1. The van der Waals surface area contributed by atoms with Crippen LogP contribution in [0.3, 0.4) is 0 Å². The predicted octanol–water partition coefficient (Wildman–Crippen LogP) is 5.30. The fourth-order valence-electron chi connectivity index (χ4n) is 14.4. The summed E-state index contributed by atoms with van der Waals surface area (Å²) in [6.07, 6.45) is 2.24. The van der Waals surface area contributed by atoms with Gasteiger partial charge < -0.3 is 71.4 Å². The van der Waals surface area contributed by atoms with Gasteiger partial charge in [0.1, 0.15) is 30.8 Å². The number of primary amides is 1. The molecular formula is C77H119N12O19PS. The average Bonchev–Trinajstić information content (AvgIpc) is 1.55. The van der Waals surface area contributed by atoms with Gasteiger partial charge in [-0.3, -0.25) is 71.9 Å². The molecule has 0 saturated carbocycles. The lowest BCUT2D eigenvalue weighted by molar-refractivity contribution is -0.148. The number of ketones is 1. The van der Waals surface area contributed by atoms with E-state index < -0.39 is 163 Å². The van der Waals surface area contributed by atoms with Crippen molar-refractivity contribution in [3.05, 3.63) is 65.7 Å². The predicted molar refractivity (Wildman–Crippen MR) is 415 cm³/mol. The first-order chi connectivity index (χ1) is 52.0. The quantitative estimate of drug-likeness (QED) is 0.0137. The van der Waals surface area contributed by atoms with Crippen LogP contribution in [-0.2, 0) is 89.3 Å². The SMILES string of the molecule is CCCCCC(C)NC(=O)CCP(=O)(O)CCSC1CC(=O)N(CCC(=O)N[C@H]2C(=O)N[C@H](C(=O)Nc3ccc(COC(=O)N(C)[C@H](C(=O)N[C@H](C(=O)N(C)[C@@H](C(C)CC)C(CC(=O)N4CCC[C@H]4[C@H](OC)[C@@H](C)C(=O)N[C@@H](Cc4ccccc4)C(=O)C=O)OC)C(C)C)C(C)C)cc3)CCCN(C(N)=O)C2C)C1=O. The van der Waals surface area contributed by atoms with E-state index in [1.165, 1.54) is 50.1 Å². The van der Waals surface area contributed by atoms with Crippen molar-refractivity contribution in [2.24, 2.45) is 29.4 Å². The van der Waals surface area contributed by atoms with Crippen LogP contribution in [0.25, 0.3) is 0 Å². The third kappa shape index (κ3) is 27.0. The standard InChI is InChI=1S/C77H119N12O19PS/c1-15-17-19-24-49(8)79-62(93)34-38-109(104,105)39-40-110-60-43-64(95)89(74(60)100)37-33-61(92)83-66-51(10)87(76(78)102)35-22-27-55(81-72(66)98)71(97)80-54-31-29-53(30-32-54)45-108-77(103)86(12)67(47(5)6)73(99)84-65(46(3)4)75(101)85(11)68(48(7)16-2)59(106-13)42-63(94)88-36-23-28-57(88)69(107-14)50(9)70(96)82-56(58(91)44-90)41-52-25-20-18-21-26-52/h18,20-21,25-26,29-32,44,46-51,55-57,59-60,65-69H,15-17,19,22-24,27-28,33-43,45H2,1-14H3,(H2,78,102)(H,79,93)(H,80,97)(H,81,98)(H,82,96)(H,83,92)(H,84,99)(H,104,105)/t48?,49?,50-,51?,55+,56+,57+,59?,60?,65+,66-,67+,68+,69-/m1/s1. The largest absolute Gasteiger partial charge is 0.445 e. The Morgan fingerprint density at radius 1 is 0.791 bits per heavy atom. The molecule has 0 radical (unpaired) electrons. The molecular weight excluding hydrogens is 1460 g/mol. The molecule has 15 atom stereocenters. The Morgan fingerprint density at radius 3 is 2.06 bits per heavy atom. The van der Waals surface area contributed by atoms with Crippen LogP contribution in [0.5, 0.6) is 0 Å². The smallest absolute Gasteiger partial charge is 0.410 e. The fraction of sp³-hybridized carbons (Fsp3) is 0.662. The zero-order valence-corrected chi connectivity index (χ0v) is 68.0. The second-order valence-electron chi connectivity index (χ2n) is 29.9. The summed E-state index contributed by atoms with van der Waals surface area (Å²) in [7, 11) is 2.18. The zero-order valence-electron chi connectivity index (χ0n) is 66.3. The van der Waals surface area contributed by atoms with Gasteiger partial charge in [0, 0.05) is 103 Å². The highest BCUT2D eigenvalue weighted by molar-refractivity contribution is 8.01. The molecule has 3 aliphatic rings. The van der Waals surface area contributed by atoms with Crippen LogP contribution in [0.2, 0.25) is 0 Å². The van der Waals surface area contributed by atoms with Gasteiger partial charge in [0.2, 0.25) is 72.2 Å². The van der Waals surface area contributed by atoms with Crippen molar-refractivity contribution >= 4 is 108 Å². The monoisotopic (exact) mass is 1580 g/mol. The normalized spacial score (nSPS) is 20.5. The molecule has 5 rings (SSSR count). The molecule has 9 N–H and O–H groups in total. The topological polar surface area (TPSA) is 418 Å². The van der Waals surface area contributed by atoms with Crippen molar-refractivity contribution in [3.8, 4) is 0 Å². The summed E-state index contributed by atoms with van der Waals surface area (Å²) in [5.41, 5.74) is 7.27. The van der Waals surface area contributed by atoms with Crippen molar-refractivity contribution in [1.82, 2.24) is 51.1 Å². The van der Waals surface area contributed by atoms with Gasteiger partial charge in [0.05, 0.1) is 54.0 Å². The first-order valence-corrected chi connectivity index (χ1v) is 41.4. The number of likely N-dealkylation sites (tertiary alicyclic amines) is 2. The maximum Gasteiger partial charge on any atom is 0.410 e. The Kier molecular flexibility index (Phi) is 37.5. The summed E-state index contributed by atoms with van der Waals surface area (Å²) >= 11 is 1.04. The zero-order chi connectivity index (χ0) is 81.9. The van der Waals surface area contributed by atoms with Gasteiger partial charge >= 0.3 is 12.1 Å². The Hall–Kier alpha value is -8.32. The Bertz CT molecular complexity index is 3540. The molecule has 0 spiro atoms. The van der Waals surface area contributed by atoms with E-state index in [0.29, 0.717) is 31.4 Å². The molecule has 0 bridgehead atoms. The van der Waals surface area contributed by atoms with Gasteiger partial charge in [-0.15, -0.1) is 11.8 Å². The molecule has 13 amide bonds. The second-order valence-corrected chi connectivity index (χ2v) is 33.8. The minimum absolute atomic E-state index is 0.00136. The van der Waals surface area contributed by atoms with Gasteiger partial charge in [-0.25, -0.2) is 9.59 Å². The summed E-state index contributed by atoms with van der Waals surface area (Å²) < 4.78 is 30.6. The van der Waals surface area contributed by atoms with Crippen LogP contribution in [0, 0.1) is 23.7 Å². The molecule has 110 heavy (non-hydrogen) atoms. The molecule has 2 aromatic carbocycles. The molecule has 3 heterocycles. The summed E-state index contributed by atoms with van der Waals surface area (Å²) in [4.78, 5) is 206. The molecule has 612 valence electrons. The molecule has 3 fully saturated rings. The third-order valence-electron chi connectivity index (χ3n) is 21.0. The number of imide groups is 1. The summed E-state index contributed by atoms with van der Waals surface area (Å²) in [6.45, 7) is 17.8. The van der Waals surface area contributed by atoms with E-state index in [2.05, 4.69) is 38.8 Å². The Morgan fingerprint density at radius 2 is 1.45 bits per heavy atom. The Balaban J connectivity index is 1.15. The van der Waals surface area contributed by atoms with Gasteiger partial charge in [-0.05, 0) is 87.0 Å². The molecule has 0 aliphatic carbocycles. The molecule has 3 saturated heterocycles. The highest BCUT2D eigenvalue weighted by Crippen LogP contribution is 2.42. The van der Waals surface area contributed by atoms with E-state index in [1.54, 1.807) is 83.0 Å². The van der Waals surface area contributed by atoms with Gasteiger partial charge in [0.25, 0.3) is 0 Å². The van der Waals surface area contributed by atoms with Crippen LogP contribution < -0.4 is 37.6 Å². The van der Waals surface area contributed by atoms with Crippen LogP contribution >= 0.6 is 19.1 Å². The molecule has 31 nitrogen and oxygen atoms in total. The number of amides is 13. The van der Waals surface area contributed by atoms with Crippen molar-refractivity contribution in [2.45, 2.75) is 238 Å². The number of carbonyl (C=O) groups excluding carboxylic acids is 14. The first kappa shape index (κ1) is 92.3. The number of nitrogens with one attached hydrogen (secondary N) is 6. The van der Waals surface area contributed by atoms with Crippen LogP contribution in [-0.4, -0.2) is 251 Å². The maximum absolute atomic E-state index is 14.9. The van der Waals surface area contributed by atoms with E-state index in [0.717, 1.165) is 52.8 Å². The Labute approximate surface area is 651 Å². The highest BCUT2D eigenvalue weighted by atomic mass is 32.2. The lowest BCUT2D eigenvalue weighted by Crippen LogP contribution is -2.60. The van der Waals surface area contributed by atoms with Crippen molar-refractivity contribution < 1.29 is 90.8 Å². The summed E-state index contributed by atoms with van der Waals surface area (Å²) in [5, 5.41) is 15.7. The highest BCUT2D eigenvalue weighted by Gasteiger charge is 2.46. The van der Waals surface area contributed by atoms with Crippen LogP contribution in [0.1, 0.15) is 164 Å². The van der Waals surface area contributed by atoms with Crippen molar-refractivity contribution in [2.75, 3.05) is 71.3 Å². The minimum atomic E-state index is -3.74. The number of aldehydes is 1. The minimum Gasteiger partial charge on any atom is -0.445 e. The van der Waals surface area contributed by atoms with Crippen LogP contribution in [0.4, 0.5) is 15.3 Å². The van der Waals surface area contributed by atoms with Gasteiger partial charge in [-0.2, -0.15) is 0 Å². The number of benzene rings is 2. The van der Waals surface area contributed by atoms with E-state index in [4.69, 9.17) is 19.9 Å².